The number of hydrogen-bond donors (Lipinski definition) is 0. The van der Waals surface area contributed by atoms with E-state index in [0.29, 0.717) is 11.7 Å². The maximum atomic E-state index is 5.43. The SMILES string of the molecule is COCCCC1CCN(Cc2nc(-c3ccc(OC)cc3)no2)CC1. The summed E-state index contributed by atoms with van der Waals surface area (Å²) in [7, 11) is 3.43. The van der Waals surface area contributed by atoms with Gasteiger partial charge in [0.2, 0.25) is 11.7 Å². The highest BCUT2D eigenvalue weighted by Crippen LogP contribution is 2.24. The van der Waals surface area contributed by atoms with E-state index in [-0.39, 0.29) is 0 Å². The van der Waals surface area contributed by atoms with Crippen LogP contribution in [0.25, 0.3) is 11.4 Å². The average Bonchev–Trinajstić information content (AvgIpc) is 3.12. The van der Waals surface area contributed by atoms with Crippen LogP contribution < -0.4 is 4.74 Å². The predicted octanol–water partition coefficient (Wildman–Crippen LogP) is 3.38. The highest BCUT2D eigenvalue weighted by molar-refractivity contribution is 5.55. The van der Waals surface area contributed by atoms with Crippen LogP contribution >= 0.6 is 0 Å². The summed E-state index contributed by atoms with van der Waals surface area (Å²) in [6, 6.07) is 7.69. The van der Waals surface area contributed by atoms with Crippen LogP contribution in [0.2, 0.25) is 0 Å². The molecule has 1 aliphatic heterocycles. The van der Waals surface area contributed by atoms with E-state index in [9.17, 15) is 0 Å². The lowest BCUT2D eigenvalue weighted by atomic mass is 9.92. The van der Waals surface area contributed by atoms with Gasteiger partial charge in [-0.3, -0.25) is 4.90 Å². The molecule has 0 atom stereocenters. The molecule has 1 aromatic heterocycles. The van der Waals surface area contributed by atoms with Crippen molar-refractivity contribution in [2.24, 2.45) is 5.92 Å². The third kappa shape index (κ3) is 5.03. The molecule has 6 heteroatoms. The Hall–Kier alpha value is -1.92. The van der Waals surface area contributed by atoms with Gasteiger partial charge in [-0.05, 0) is 69.0 Å². The summed E-state index contributed by atoms with van der Waals surface area (Å²) in [5.74, 6) is 2.96. The van der Waals surface area contributed by atoms with Gasteiger partial charge >= 0.3 is 0 Å². The highest BCUT2D eigenvalue weighted by Gasteiger charge is 2.21. The summed E-state index contributed by atoms with van der Waals surface area (Å²) in [6.45, 7) is 3.79. The topological polar surface area (TPSA) is 60.6 Å². The van der Waals surface area contributed by atoms with Crippen LogP contribution in [0.4, 0.5) is 0 Å². The van der Waals surface area contributed by atoms with Crippen LogP contribution in [0.5, 0.6) is 5.75 Å². The number of benzene rings is 1. The lowest BCUT2D eigenvalue weighted by molar-refractivity contribution is 0.141. The summed E-state index contributed by atoms with van der Waals surface area (Å²) in [6.07, 6.45) is 4.91. The molecule has 0 amide bonds. The van der Waals surface area contributed by atoms with E-state index < -0.39 is 0 Å². The number of piperidine rings is 1. The standard InChI is InChI=1S/C19H27N3O3/c1-23-13-3-4-15-9-11-22(12-10-15)14-18-20-19(21-25-18)16-5-7-17(24-2)8-6-16/h5-8,15H,3-4,9-14H2,1-2H3. The molecular weight excluding hydrogens is 318 g/mol. The first kappa shape index (κ1) is 17.9. The molecule has 0 aliphatic carbocycles. The van der Waals surface area contributed by atoms with E-state index in [0.717, 1.165) is 49.9 Å². The Morgan fingerprint density at radius 2 is 1.92 bits per heavy atom. The third-order valence-corrected chi connectivity index (χ3v) is 4.84. The van der Waals surface area contributed by atoms with Gasteiger partial charge in [0.1, 0.15) is 5.75 Å². The summed E-state index contributed by atoms with van der Waals surface area (Å²) in [5, 5.41) is 4.10. The first-order chi connectivity index (χ1) is 12.3. The van der Waals surface area contributed by atoms with Crippen molar-refractivity contribution >= 4 is 0 Å². The minimum Gasteiger partial charge on any atom is -0.497 e. The first-order valence-electron chi connectivity index (χ1n) is 8.97. The Morgan fingerprint density at radius 1 is 1.16 bits per heavy atom. The Labute approximate surface area is 149 Å². The van der Waals surface area contributed by atoms with Crippen molar-refractivity contribution in [2.45, 2.75) is 32.2 Å². The molecule has 1 saturated heterocycles. The molecule has 0 spiro atoms. The monoisotopic (exact) mass is 345 g/mol. The number of likely N-dealkylation sites (tertiary alicyclic amines) is 1. The van der Waals surface area contributed by atoms with Gasteiger partial charge in [0.15, 0.2) is 0 Å². The Morgan fingerprint density at radius 3 is 2.60 bits per heavy atom. The predicted molar refractivity (Wildman–Crippen MR) is 95.4 cm³/mol. The maximum Gasteiger partial charge on any atom is 0.241 e. The minimum absolute atomic E-state index is 0.632. The molecule has 3 rings (SSSR count). The summed E-state index contributed by atoms with van der Waals surface area (Å²) < 4.78 is 15.7. The Kier molecular flexibility index (Phi) is 6.42. The van der Waals surface area contributed by atoms with Crippen molar-refractivity contribution in [1.29, 1.82) is 0 Å². The van der Waals surface area contributed by atoms with Crippen LogP contribution in [0.1, 0.15) is 31.6 Å². The van der Waals surface area contributed by atoms with Crippen LogP contribution in [-0.2, 0) is 11.3 Å². The molecular formula is C19H27N3O3. The van der Waals surface area contributed by atoms with Gasteiger partial charge < -0.3 is 14.0 Å². The van der Waals surface area contributed by atoms with Crippen LogP contribution in [0, 0.1) is 5.92 Å². The zero-order chi connectivity index (χ0) is 17.5. The average molecular weight is 345 g/mol. The van der Waals surface area contributed by atoms with Gasteiger partial charge in [-0.25, -0.2) is 0 Å². The lowest BCUT2D eigenvalue weighted by Crippen LogP contribution is -2.33. The van der Waals surface area contributed by atoms with E-state index in [1.165, 1.54) is 19.3 Å². The molecule has 0 N–H and O–H groups in total. The number of rotatable bonds is 8. The van der Waals surface area contributed by atoms with Gasteiger partial charge in [-0.2, -0.15) is 4.98 Å². The number of nitrogens with zero attached hydrogens (tertiary/aromatic N) is 3. The van der Waals surface area contributed by atoms with Crippen molar-refractivity contribution in [3.8, 4) is 17.1 Å². The largest absolute Gasteiger partial charge is 0.497 e. The fourth-order valence-electron chi connectivity index (χ4n) is 3.32. The fraction of sp³-hybridized carbons (Fsp3) is 0.579. The second kappa shape index (κ2) is 8.97. The molecule has 6 nitrogen and oxygen atoms in total. The van der Waals surface area contributed by atoms with Crippen LogP contribution in [0.3, 0.4) is 0 Å². The van der Waals surface area contributed by atoms with Gasteiger partial charge in [0, 0.05) is 19.3 Å². The van der Waals surface area contributed by atoms with Gasteiger partial charge in [-0.1, -0.05) is 5.16 Å². The highest BCUT2D eigenvalue weighted by atomic mass is 16.5. The lowest BCUT2D eigenvalue weighted by Gasteiger charge is -2.30. The number of hydrogen-bond acceptors (Lipinski definition) is 6. The van der Waals surface area contributed by atoms with E-state index >= 15 is 0 Å². The Bertz CT molecular complexity index is 634. The number of ether oxygens (including phenoxy) is 2. The van der Waals surface area contributed by atoms with E-state index in [1.807, 2.05) is 24.3 Å². The molecule has 1 aromatic carbocycles. The third-order valence-electron chi connectivity index (χ3n) is 4.84. The summed E-state index contributed by atoms with van der Waals surface area (Å²) >= 11 is 0. The Balaban J connectivity index is 1.49. The van der Waals surface area contributed by atoms with Crippen molar-refractivity contribution < 1.29 is 14.0 Å². The van der Waals surface area contributed by atoms with Crippen LogP contribution in [-0.4, -0.2) is 49.0 Å². The van der Waals surface area contributed by atoms with Gasteiger partial charge in [0.05, 0.1) is 13.7 Å². The van der Waals surface area contributed by atoms with Crippen molar-refractivity contribution in [1.82, 2.24) is 15.0 Å². The summed E-state index contributed by atoms with van der Waals surface area (Å²) in [5.41, 5.74) is 0.938. The molecule has 1 fully saturated rings. The second-order valence-electron chi connectivity index (χ2n) is 6.59. The van der Waals surface area contributed by atoms with E-state index in [2.05, 4.69) is 15.0 Å². The van der Waals surface area contributed by atoms with E-state index in [1.54, 1.807) is 14.2 Å². The molecule has 25 heavy (non-hydrogen) atoms. The first-order valence-corrected chi connectivity index (χ1v) is 8.97. The van der Waals surface area contributed by atoms with Crippen molar-refractivity contribution in [3.05, 3.63) is 30.2 Å². The zero-order valence-electron chi connectivity index (χ0n) is 15.1. The number of methoxy groups -OCH3 is 2. The molecule has 0 bridgehead atoms. The van der Waals surface area contributed by atoms with E-state index in [4.69, 9.17) is 14.0 Å². The second-order valence-corrected chi connectivity index (χ2v) is 6.59. The normalized spacial score (nSPS) is 16.2. The van der Waals surface area contributed by atoms with Gasteiger partial charge in [0.25, 0.3) is 0 Å². The quantitative estimate of drug-likeness (QED) is 0.684. The molecule has 2 heterocycles. The molecule has 0 unspecified atom stereocenters. The van der Waals surface area contributed by atoms with Gasteiger partial charge in [-0.15, -0.1) is 0 Å². The van der Waals surface area contributed by atoms with Crippen molar-refractivity contribution in [3.63, 3.8) is 0 Å². The molecule has 0 radical (unpaired) electrons. The molecule has 136 valence electrons. The maximum absolute atomic E-state index is 5.43. The zero-order valence-corrected chi connectivity index (χ0v) is 15.1. The van der Waals surface area contributed by atoms with Crippen LogP contribution in [0.15, 0.2) is 28.8 Å². The smallest absolute Gasteiger partial charge is 0.241 e. The molecule has 2 aromatic rings. The number of aromatic nitrogens is 2. The van der Waals surface area contributed by atoms with Crippen molar-refractivity contribution in [2.75, 3.05) is 33.9 Å². The minimum atomic E-state index is 0.632. The molecule has 1 aliphatic rings. The summed E-state index contributed by atoms with van der Waals surface area (Å²) in [4.78, 5) is 6.93. The fourth-order valence-corrected chi connectivity index (χ4v) is 3.32. The molecule has 0 saturated carbocycles.